The van der Waals surface area contributed by atoms with Gasteiger partial charge in [-0.15, -0.1) is 0 Å². The zero-order valence-electron chi connectivity index (χ0n) is 19.1. The number of nitrogens with zero attached hydrogens (tertiary/aromatic N) is 1. The number of hydrogen-bond donors (Lipinski definition) is 1. The Morgan fingerprint density at radius 3 is 2.21 bits per heavy atom. The van der Waals surface area contributed by atoms with Crippen molar-refractivity contribution in [1.82, 2.24) is 5.43 Å². The number of halogens is 1. The predicted molar refractivity (Wildman–Crippen MR) is 118 cm³/mol. The summed E-state index contributed by atoms with van der Waals surface area (Å²) in [5.74, 6) is -2.30. The lowest BCUT2D eigenvalue weighted by atomic mass is 9.94. The maximum Gasteiger partial charge on any atom is 0.272 e. The van der Waals surface area contributed by atoms with Gasteiger partial charge in [0.15, 0.2) is 24.0 Å². The maximum absolute atomic E-state index is 13.9. The number of nitrogens with one attached hydrogen (secondary N) is 1. The Labute approximate surface area is 198 Å². The number of amides is 1. The summed E-state index contributed by atoms with van der Waals surface area (Å²) < 4.78 is 45.8. The molecule has 1 amide bonds. The minimum Gasteiger partial charge on any atom is -0.341 e. The number of benzene rings is 1. The molecular weight excluding hydrogens is 443 g/mol. The van der Waals surface area contributed by atoms with Crippen LogP contribution in [0, 0.1) is 5.82 Å². The first-order valence-corrected chi connectivity index (χ1v) is 12.5. The van der Waals surface area contributed by atoms with E-state index in [4.69, 9.17) is 23.7 Å². The molecule has 1 aromatic carbocycles. The molecule has 5 aliphatic rings. The molecule has 6 rings (SSSR count). The molecule has 2 spiro atoms. The van der Waals surface area contributed by atoms with Gasteiger partial charge in [-0.25, -0.2) is 9.82 Å². The average molecular weight is 475 g/mol. The number of carbonyl (C=O) groups is 1. The zero-order chi connectivity index (χ0) is 23.2. The summed E-state index contributed by atoms with van der Waals surface area (Å²) >= 11 is 0. The highest BCUT2D eigenvalue weighted by Gasteiger charge is 2.65. The van der Waals surface area contributed by atoms with Crippen LogP contribution in [0.4, 0.5) is 4.39 Å². The van der Waals surface area contributed by atoms with E-state index >= 15 is 0 Å². The van der Waals surface area contributed by atoms with Crippen LogP contribution in [-0.4, -0.2) is 54.4 Å². The first-order chi connectivity index (χ1) is 16.6. The fourth-order valence-corrected chi connectivity index (χ4v) is 5.98. The van der Waals surface area contributed by atoms with Gasteiger partial charge in [0.2, 0.25) is 0 Å². The minimum atomic E-state index is -0.979. The van der Waals surface area contributed by atoms with Crippen molar-refractivity contribution in [3.63, 3.8) is 0 Å². The molecule has 8 nitrogen and oxygen atoms in total. The summed E-state index contributed by atoms with van der Waals surface area (Å²) in [6.07, 6.45) is 7.59. The molecule has 0 bridgehead atoms. The number of carbonyl (C=O) groups excluding carboxylic acids is 1. The van der Waals surface area contributed by atoms with Crippen LogP contribution in [0.25, 0.3) is 0 Å². The van der Waals surface area contributed by atoms with Gasteiger partial charge < -0.3 is 23.7 Å². The SMILES string of the molecule is O=C(N/N=C\c1ccccc1F)[C@@H]1O[C@H]2OC3(CCCCC3)O[C@@H]2[C@H]2OC3(CCCCC3)O[C@@H]21. The molecule has 34 heavy (non-hydrogen) atoms. The summed E-state index contributed by atoms with van der Waals surface area (Å²) in [4.78, 5) is 13.2. The molecule has 0 radical (unpaired) electrons. The summed E-state index contributed by atoms with van der Waals surface area (Å²) in [6.45, 7) is 0. The van der Waals surface area contributed by atoms with Crippen molar-refractivity contribution >= 4 is 12.1 Å². The Balaban J connectivity index is 1.22. The Morgan fingerprint density at radius 1 is 0.882 bits per heavy atom. The molecule has 3 saturated heterocycles. The lowest BCUT2D eigenvalue weighted by molar-refractivity contribution is -0.247. The van der Waals surface area contributed by atoms with Crippen LogP contribution in [0.2, 0.25) is 0 Å². The van der Waals surface area contributed by atoms with Crippen molar-refractivity contribution in [2.45, 2.75) is 106 Å². The van der Waals surface area contributed by atoms with E-state index in [0.717, 1.165) is 64.2 Å². The van der Waals surface area contributed by atoms with Crippen molar-refractivity contribution in [3.05, 3.63) is 35.6 Å². The van der Waals surface area contributed by atoms with Gasteiger partial charge in [0, 0.05) is 31.2 Å². The molecule has 5 atom stereocenters. The van der Waals surface area contributed by atoms with Gasteiger partial charge >= 0.3 is 0 Å². The van der Waals surface area contributed by atoms with Crippen molar-refractivity contribution in [2.75, 3.05) is 0 Å². The minimum absolute atomic E-state index is 0.277. The van der Waals surface area contributed by atoms with Crippen LogP contribution in [0.5, 0.6) is 0 Å². The third kappa shape index (κ3) is 4.07. The molecule has 3 aliphatic heterocycles. The Bertz CT molecular complexity index is 945. The van der Waals surface area contributed by atoms with Gasteiger partial charge in [0.05, 0.1) is 6.21 Å². The second-order valence-corrected chi connectivity index (χ2v) is 9.99. The van der Waals surface area contributed by atoms with E-state index < -0.39 is 54.0 Å². The number of ether oxygens (including phenoxy) is 5. The lowest BCUT2D eigenvalue weighted by Gasteiger charge is -2.36. The van der Waals surface area contributed by atoms with E-state index in [1.807, 2.05) is 0 Å². The van der Waals surface area contributed by atoms with Crippen molar-refractivity contribution in [3.8, 4) is 0 Å². The van der Waals surface area contributed by atoms with E-state index in [-0.39, 0.29) is 5.56 Å². The molecule has 9 heteroatoms. The first kappa shape index (κ1) is 22.5. The van der Waals surface area contributed by atoms with Gasteiger partial charge in [-0.1, -0.05) is 31.0 Å². The average Bonchev–Trinajstić information content (AvgIpc) is 3.38. The Kier molecular flexibility index (Phi) is 5.93. The Hall–Kier alpha value is -1.91. The largest absolute Gasteiger partial charge is 0.341 e. The van der Waals surface area contributed by atoms with Crippen LogP contribution < -0.4 is 5.43 Å². The fourth-order valence-electron chi connectivity index (χ4n) is 5.98. The summed E-state index contributed by atoms with van der Waals surface area (Å²) in [5.41, 5.74) is 2.77. The van der Waals surface area contributed by atoms with Gasteiger partial charge in [0.1, 0.15) is 24.1 Å². The van der Waals surface area contributed by atoms with Gasteiger partial charge in [0.25, 0.3) is 5.91 Å². The topological polar surface area (TPSA) is 87.6 Å². The van der Waals surface area contributed by atoms with E-state index in [1.165, 1.54) is 12.3 Å². The standard InChI is InChI=1S/C25H31FN2O6/c26-17-10-4-3-9-16(17)15-27-28-22(29)20-18-19(32-24(31-18)11-5-1-6-12-24)21-23(30-20)34-25(33-21)13-7-2-8-14-25/h3-4,9-10,15,18-21,23H,1-2,5-8,11-14H2,(H,28,29)/b27-15-/t18-,19-,20+,21+,23-/m0/s1. The lowest BCUT2D eigenvalue weighted by Crippen LogP contribution is -2.59. The molecular formula is C25H31FN2O6. The predicted octanol–water partition coefficient (Wildman–Crippen LogP) is 3.52. The highest BCUT2D eigenvalue weighted by molar-refractivity contribution is 5.85. The van der Waals surface area contributed by atoms with E-state index in [0.29, 0.717) is 0 Å². The second-order valence-electron chi connectivity index (χ2n) is 9.99. The molecule has 1 aromatic rings. The van der Waals surface area contributed by atoms with Gasteiger partial charge in [-0.2, -0.15) is 5.10 Å². The van der Waals surface area contributed by atoms with Crippen LogP contribution >= 0.6 is 0 Å². The summed E-state index contributed by atoms with van der Waals surface area (Å²) in [6, 6.07) is 6.22. The van der Waals surface area contributed by atoms with Crippen molar-refractivity contribution in [2.24, 2.45) is 5.10 Å². The van der Waals surface area contributed by atoms with Crippen molar-refractivity contribution in [1.29, 1.82) is 0 Å². The van der Waals surface area contributed by atoms with Crippen LogP contribution in [0.15, 0.2) is 29.4 Å². The molecule has 2 aliphatic carbocycles. The van der Waals surface area contributed by atoms with E-state index in [1.54, 1.807) is 18.2 Å². The second kappa shape index (κ2) is 8.95. The molecule has 0 unspecified atom stereocenters. The first-order valence-electron chi connectivity index (χ1n) is 12.5. The van der Waals surface area contributed by atoms with Crippen LogP contribution in [0.3, 0.4) is 0 Å². The number of hydrogen-bond acceptors (Lipinski definition) is 7. The number of hydrazone groups is 1. The maximum atomic E-state index is 13.9. The molecule has 5 fully saturated rings. The Morgan fingerprint density at radius 2 is 1.50 bits per heavy atom. The monoisotopic (exact) mass is 474 g/mol. The van der Waals surface area contributed by atoms with Gasteiger partial charge in [-0.3, -0.25) is 4.79 Å². The molecule has 2 saturated carbocycles. The quantitative estimate of drug-likeness (QED) is 0.533. The molecule has 3 heterocycles. The highest BCUT2D eigenvalue weighted by Crippen LogP contribution is 2.50. The van der Waals surface area contributed by atoms with Crippen molar-refractivity contribution < 1.29 is 32.9 Å². The van der Waals surface area contributed by atoms with E-state index in [2.05, 4.69) is 10.5 Å². The van der Waals surface area contributed by atoms with Gasteiger partial charge in [-0.05, 0) is 31.7 Å². The number of rotatable bonds is 3. The summed E-state index contributed by atoms with van der Waals surface area (Å²) in [7, 11) is 0. The normalized spacial score (nSPS) is 36.0. The number of fused-ring (bicyclic) bond motifs is 3. The smallest absolute Gasteiger partial charge is 0.272 e. The third-order valence-electron chi connectivity index (χ3n) is 7.65. The molecule has 0 aromatic heterocycles. The molecule has 1 N–H and O–H groups in total. The summed E-state index contributed by atoms with van der Waals surface area (Å²) in [5, 5.41) is 3.95. The fraction of sp³-hybridized carbons (Fsp3) is 0.680. The molecule has 184 valence electrons. The van der Waals surface area contributed by atoms with Crippen LogP contribution in [0.1, 0.15) is 69.8 Å². The third-order valence-corrected chi connectivity index (χ3v) is 7.65. The van der Waals surface area contributed by atoms with E-state index in [9.17, 15) is 9.18 Å². The highest BCUT2D eigenvalue weighted by atomic mass is 19.1. The van der Waals surface area contributed by atoms with Crippen LogP contribution in [-0.2, 0) is 28.5 Å². The zero-order valence-corrected chi connectivity index (χ0v) is 19.1.